The van der Waals surface area contributed by atoms with Gasteiger partial charge in [-0.1, -0.05) is 121 Å². The predicted octanol–water partition coefficient (Wildman–Crippen LogP) is 8.34. The minimum Gasteiger partial charge on any atom is -0.0622 e. The van der Waals surface area contributed by atoms with E-state index in [2.05, 4.69) is 121 Å². The first-order valence-corrected chi connectivity index (χ1v) is 10.4. The Kier molecular flexibility index (Phi) is 3.89. The van der Waals surface area contributed by atoms with E-state index in [0.717, 1.165) is 0 Å². The van der Waals surface area contributed by atoms with Gasteiger partial charge in [0, 0.05) is 0 Å². The van der Waals surface area contributed by atoms with Crippen LogP contribution in [-0.4, -0.2) is 0 Å². The van der Waals surface area contributed by atoms with Crippen molar-refractivity contribution < 1.29 is 0 Å². The fourth-order valence-electron chi connectivity index (χ4n) is 4.77. The molecule has 1 aliphatic carbocycles. The molecule has 6 rings (SSSR count). The number of rotatable bonds is 1. The van der Waals surface area contributed by atoms with Gasteiger partial charge < -0.3 is 0 Å². The molecule has 0 radical (unpaired) electrons. The van der Waals surface area contributed by atoms with Crippen molar-refractivity contribution >= 4 is 0 Å². The van der Waals surface area contributed by atoms with E-state index in [1.165, 1.54) is 55.6 Å². The third-order valence-electron chi connectivity index (χ3n) is 6.07. The van der Waals surface area contributed by atoms with Crippen LogP contribution >= 0.6 is 0 Å². The molecule has 30 heavy (non-hydrogen) atoms. The van der Waals surface area contributed by atoms with Gasteiger partial charge in [-0.05, 0) is 55.6 Å². The SMILES string of the molecule is c1ccc(-c2cccc3c2-c2ccccc2-c2ccccc2-c2ccccc2-3)cc1. The van der Waals surface area contributed by atoms with Crippen molar-refractivity contribution in [1.82, 2.24) is 0 Å². The maximum Gasteiger partial charge on any atom is -0.00204 e. The van der Waals surface area contributed by atoms with E-state index in [4.69, 9.17) is 0 Å². The lowest BCUT2D eigenvalue weighted by Crippen LogP contribution is -1.98. The third-order valence-corrected chi connectivity index (χ3v) is 6.07. The Balaban J connectivity index is 1.81. The molecule has 0 saturated carbocycles. The Morgan fingerprint density at radius 2 is 0.600 bits per heavy atom. The molecule has 0 aromatic heterocycles. The molecule has 0 saturated heterocycles. The van der Waals surface area contributed by atoms with Crippen molar-refractivity contribution in [3.8, 4) is 55.6 Å². The molecule has 0 atom stereocenters. The quantitative estimate of drug-likeness (QED) is 0.269. The van der Waals surface area contributed by atoms with Crippen LogP contribution in [0.25, 0.3) is 55.6 Å². The molecule has 0 nitrogen and oxygen atoms in total. The number of fused-ring (bicyclic) bond motifs is 8. The molecule has 0 fully saturated rings. The van der Waals surface area contributed by atoms with Crippen molar-refractivity contribution in [2.45, 2.75) is 0 Å². The highest BCUT2D eigenvalue weighted by atomic mass is 14.3. The first-order chi connectivity index (χ1) is 14.9. The number of benzene rings is 5. The van der Waals surface area contributed by atoms with Crippen molar-refractivity contribution in [3.05, 3.63) is 121 Å². The molecule has 0 heterocycles. The van der Waals surface area contributed by atoms with Gasteiger partial charge in [0.2, 0.25) is 0 Å². The van der Waals surface area contributed by atoms with E-state index in [1.807, 2.05) is 0 Å². The van der Waals surface area contributed by atoms with Gasteiger partial charge in [0.05, 0.1) is 0 Å². The van der Waals surface area contributed by atoms with E-state index in [0.29, 0.717) is 0 Å². The first-order valence-electron chi connectivity index (χ1n) is 10.4. The highest BCUT2D eigenvalue weighted by Crippen LogP contribution is 2.50. The zero-order chi connectivity index (χ0) is 19.9. The molecule has 0 aliphatic heterocycles. The highest BCUT2D eigenvalue weighted by Gasteiger charge is 2.23. The van der Waals surface area contributed by atoms with Crippen LogP contribution in [0.4, 0.5) is 0 Å². The van der Waals surface area contributed by atoms with Crippen LogP contribution < -0.4 is 0 Å². The summed E-state index contributed by atoms with van der Waals surface area (Å²) in [6.07, 6.45) is 0. The highest BCUT2D eigenvalue weighted by molar-refractivity contribution is 6.06. The molecule has 0 spiro atoms. The predicted molar refractivity (Wildman–Crippen MR) is 127 cm³/mol. The largest absolute Gasteiger partial charge is 0.0622 e. The van der Waals surface area contributed by atoms with Crippen molar-refractivity contribution in [3.63, 3.8) is 0 Å². The average molecular weight is 380 g/mol. The lowest BCUT2D eigenvalue weighted by atomic mass is 9.78. The summed E-state index contributed by atoms with van der Waals surface area (Å²) >= 11 is 0. The van der Waals surface area contributed by atoms with Gasteiger partial charge in [-0.25, -0.2) is 0 Å². The van der Waals surface area contributed by atoms with Crippen LogP contribution in [0, 0.1) is 0 Å². The lowest BCUT2D eigenvalue weighted by molar-refractivity contribution is 1.51. The zero-order valence-corrected chi connectivity index (χ0v) is 16.5. The lowest BCUT2D eigenvalue weighted by Gasteiger charge is -2.25. The minimum absolute atomic E-state index is 1.25. The third kappa shape index (κ3) is 2.54. The van der Waals surface area contributed by atoms with E-state index >= 15 is 0 Å². The van der Waals surface area contributed by atoms with Gasteiger partial charge in [0.1, 0.15) is 0 Å². The summed E-state index contributed by atoms with van der Waals surface area (Å²) < 4.78 is 0. The van der Waals surface area contributed by atoms with Gasteiger partial charge >= 0.3 is 0 Å². The van der Waals surface area contributed by atoms with Crippen LogP contribution in [0.15, 0.2) is 121 Å². The fourth-order valence-corrected chi connectivity index (χ4v) is 4.77. The molecule has 140 valence electrons. The molecule has 0 bridgehead atoms. The van der Waals surface area contributed by atoms with Gasteiger partial charge in [0.25, 0.3) is 0 Å². The summed E-state index contributed by atoms with van der Waals surface area (Å²) in [5, 5.41) is 0. The summed E-state index contributed by atoms with van der Waals surface area (Å²) in [6.45, 7) is 0. The summed E-state index contributed by atoms with van der Waals surface area (Å²) in [5.41, 5.74) is 12.8. The maximum absolute atomic E-state index is 2.27. The molecular formula is C30H20. The molecule has 0 N–H and O–H groups in total. The standard InChI is InChI=1S/C30H20/c1-2-11-21(12-3-1)22-19-10-20-29-27-16-7-6-15-25(27)23-13-4-5-14-24(23)26-17-8-9-18-28(26)30(22)29/h1-20H. The normalized spacial score (nSPS) is 11.3. The number of hydrogen-bond donors (Lipinski definition) is 0. The molecule has 0 amide bonds. The molecular weight excluding hydrogens is 360 g/mol. The molecule has 0 heteroatoms. The molecule has 1 aliphatic rings. The Morgan fingerprint density at radius 3 is 1.17 bits per heavy atom. The summed E-state index contributed by atoms with van der Waals surface area (Å²) in [7, 11) is 0. The van der Waals surface area contributed by atoms with E-state index in [9.17, 15) is 0 Å². The average Bonchev–Trinajstić information content (AvgIpc) is 2.83. The second-order valence-corrected chi connectivity index (χ2v) is 7.73. The smallest absolute Gasteiger partial charge is 0.00204 e. The van der Waals surface area contributed by atoms with E-state index in [1.54, 1.807) is 0 Å². The molecule has 0 unspecified atom stereocenters. The molecule has 5 aromatic rings. The van der Waals surface area contributed by atoms with Gasteiger partial charge in [-0.2, -0.15) is 0 Å². The van der Waals surface area contributed by atoms with Crippen LogP contribution in [-0.2, 0) is 0 Å². The van der Waals surface area contributed by atoms with Crippen molar-refractivity contribution in [1.29, 1.82) is 0 Å². The minimum atomic E-state index is 1.25. The van der Waals surface area contributed by atoms with Crippen LogP contribution in [0.3, 0.4) is 0 Å². The number of hydrogen-bond acceptors (Lipinski definition) is 0. The van der Waals surface area contributed by atoms with Gasteiger partial charge in [-0.15, -0.1) is 0 Å². The fraction of sp³-hybridized carbons (Fsp3) is 0. The Labute approximate surface area is 177 Å². The Morgan fingerprint density at radius 1 is 0.233 bits per heavy atom. The van der Waals surface area contributed by atoms with Crippen LogP contribution in [0.1, 0.15) is 0 Å². The summed E-state index contributed by atoms with van der Waals surface area (Å²) in [6, 6.07) is 43.8. The van der Waals surface area contributed by atoms with Crippen molar-refractivity contribution in [2.75, 3.05) is 0 Å². The van der Waals surface area contributed by atoms with Crippen LogP contribution in [0.5, 0.6) is 0 Å². The second kappa shape index (κ2) is 6.86. The maximum atomic E-state index is 2.27. The Bertz CT molecular complexity index is 1370. The van der Waals surface area contributed by atoms with E-state index < -0.39 is 0 Å². The van der Waals surface area contributed by atoms with Crippen LogP contribution in [0.2, 0.25) is 0 Å². The summed E-state index contributed by atoms with van der Waals surface area (Å²) in [5.74, 6) is 0. The zero-order valence-electron chi connectivity index (χ0n) is 16.5. The van der Waals surface area contributed by atoms with Gasteiger partial charge in [-0.3, -0.25) is 0 Å². The van der Waals surface area contributed by atoms with E-state index in [-0.39, 0.29) is 0 Å². The van der Waals surface area contributed by atoms with Gasteiger partial charge in [0.15, 0.2) is 0 Å². The molecule has 5 aromatic carbocycles. The first kappa shape index (κ1) is 17.0. The Hall–Kier alpha value is -3.90. The second-order valence-electron chi connectivity index (χ2n) is 7.73. The topological polar surface area (TPSA) is 0 Å². The summed E-state index contributed by atoms with van der Waals surface area (Å²) in [4.78, 5) is 0. The van der Waals surface area contributed by atoms with Crippen molar-refractivity contribution in [2.24, 2.45) is 0 Å². The monoisotopic (exact) mass is 380 g/mol.